The van der Waals surface area contributed by atoms with Crippen LogP contribution in [0.25, 0.3) is 0 Å². The number of hydrogen-bond donors (Lipinski definition) is 0. The van der Waals surface area contributed by atoms with Crippen LogP contribution in [-0.4, -0.2) is 36.6 Å². The first kappa shape index (κ1) is 23.0. The molecule has 0 amide bonds. The fourth-order valence-electron chi connectivity index (χ4n) is 2.71. The molecule has 0 aliphatic heterocycles. The molecule has 0 atom stereocenters. The van der Waals surface area contributed by atoms with Crippen molar-refractivity contribution in [3.8, 4) is 0 Å². The number of alkyl halides is 1. The molecule has 0 aliphatic rings. The van der Waals surface area contributed by atoms with Gasteiger partial charge in [-0.2, -0.15) is 10.2 Å². The Morgan fingerprint density at radius 1 is 0.966 bits per heavy atom. The number of likely N-dealkylation sites (N-methyl/N-ethyl adjacent to an activating group) is 1. The summed E-state index contributed by atoms with van der Waals surface area (Å²) >= 11 is 3.44. The summed E-state index contributed by atoms with van der Waals surface area (Å²) in [5.41, 5.74) is 2.45. The highest BCUT2D eigenvalue weighted by atomic mass is 79.9. The highest BCUT2D eigenvalue weighted by Crippen LogP contribution is 2.23. The van der Waals surface area contributed by atoms with Crippen LogP contribution in [0.3, 0.4) is 0 Å². The van der Waals surface area contributed by atoms with Gasteiger partial charge in [0.05, 0.1) is 22.9 Å². The molecular formula is C21H27BrN4O3. The zero-order valence-corrected chi connectivity index (χ0v) is 18.3. The molecule has 2 aromatic rings. The lowest BCUT2D eigenvalue weighted by Gasteiger charge is -2.23. The summed E-state index contributed by atoms with van der Waals surface area (Å²) in [6.07, 6.45) is 3.49. The number of halogens is 1. The van der Waals surface area contributed by atoms with E-state index in [0.29, 0.717) is 12.3 Å². The van der Waals surface area contributed by atoms with Gasteiger partial charge in [-0.25, -0.2) is 0 Å². The third kappa shape index (κ3) is 8.29. The van der Waals surface area contributed by atoms with Crippen LogP contribution in [0.4, 0.5) is 22.7 Å². The van der Waals surface area contributed by atoms with Crippen molar-refractivity contribution in [3.63, 3.8) is 0 Å². The van der Waals surface area contributed by atoms with Crippen LogP contribution in [0.2, 0.25) is 0 Å². The van der Waals surface area contributed by atoms with Gasteiger partial charge in [0.2, 0.25) is 0 Å². The van der Waals surface area contributed by atoms with Crippen molar-refractivity contribution in [2.75, 3.05) is 36.5 Å². The summed E-state index contributed by atoms with van der Waals surface area (Å²) in [6, 6.07) is 13.8. The zero-order chi connectivity index (χ0) is 20.9. The molecule has 2 aromatic carbocycles. The predicted molar refractivity (Wildman–Crippen MR) is 120 cm³/mol. The Balaban J connectivity index is 1.83. The number of azo groups is 1. The summed E-state index contributed by atoms with van der Waals surface area (Å²) < 4.78 is 5.74. The minimum atomic E-state index is -0.436. The molecule has 0 aliphatic carbocycles. The first-order valence-corrected chi connectivity index (χ1v) is 10.9. The molecule has 0 unspecified atom stereocenters. The lowest BCUT2D eigenvalue weighted by molar-refractivity contribution is -0.384. The first-order chi connectivity index (χ1) is 14.1. The maximum absolute atomic E-state index is 10.7. The lowest BCUT2D eigenvalue weighted by atomic mass is 10.2. The van der Waals surface area contributed by atoms with Gasteiger partial charge in [0.1, 0.15) is 0 Å². The number of rotatable bonds is 13. The largest absolute Gasteiger partial charge is 0.380 e. The molecule has 8 heteroatoms. The van der Waals surface area contributed by atoms with Crippen molar-refractivity contribution in [2.45, 2.75) is 26.2 Å². The highest BCUT2D eigenvalue weighted by molar-refractivity contribution is 9.09. The van der Waals surface area contributed by atoms with Crippen LogP contribution in [0.5, 0.6) is 0 Å². The van der Waals surface area contributed by atoms with Crippen molar-refractivity contribution in [2.24, 2.45) is 10.2 Å². The molecule has 0 saturated carbocycles. The molecule has 7 nitrogen and oxygen atoms in total. The minimum absolute atomic E-state index is 0.0378. The molecule has 156 valence electrons. The minimum Gasteiger partial charge on any atom is -0.380 e. The normalized spacial score (nSPS) is 11.1. The van der Waals surface area contributed by atoms with Crippen molar-refractivity contribution < 1.29 is 9.66 Å². The Morgan fingerprint density at radius 3 is 2.14 bits per heavy atom. The summed E-state index contributed by atoms with van der Waals surface area (Å²) in [5.74, 6) is 0. The molecule has 0 radical (unpaired) electrons. The molecule has 2 rings (SSSR count). The van der Waals surface area contributed by atoms with E-state index < -0.39 is 4.92 Å². The van der Waals surface area contributed by atoms with Crippen LogP contribution in [0.1, 0.15) is 26.2 Å². The number of nitrogens with zero attached hydrogens (tertiary/aromatic N) is 4. The van der Waals surface area contributed by atoms with Gasteiger partial charge in [0.25, 0.3) is 5.69 Å². The van der Waals surface area contributed by atoms with Crippen LogP contribution in [-0.2, 0) is 4.74 Å². The van der Waals surface area contributed by atoms with E-state index in [1.54, 1.807) is 12.1 Å². The summed E-state index contributed by atoms with van der Waals surface area (Å²) in [5, 5.41) is 20.1. The Morgan fingerprint density at radius 2 is 1.59 bits per heavy atom. The zero-order valence-electron chi connectivity index (χ0n) is 16.7. The third-order valence-corrected chi connectivity index (χ3v) is 4.93. The summed E-state index contributed by atoms with van der Waals surface area (Å²) in [4.78, 5) is 12.5. The fraction of sp³-hybridized carbons (Fsp3) is 0.429. The quantitative estimate of drug-likeness (QED) is 0.113. The number of hydrogen-bond acceptors (Lipinski definition) is 6. The summed E-state index contributed by atoms with van der Waals surface area (Å²) in [6.45, 7) is 5.39. The number of non-ortho nitro benzene ring substituents is 1. The Labute approximate surface area is 180 Å². The number of nitro benzene ring substituents is 1. The van der Waals surface area contributed by atoms with E-state index in [2.05, 4.69) is 38.0 Å². The number of anilines is 1. The van der Waals surface area contributed by atoms with E-state index in [4.69, 9.17) is 4.74 Å². The molecule has 0 aromatic heterocycles. The second-order valence-corrected chi connectivity index (χ2v) is 7.22. The molecular weight excluding hydrogens is 436 g/mol. The average Bonchev–Trinajstić information content (AvgIpc) is 2.75. The monoisotopic (exact) mass is 462 g/mol. The van der Waals surface area contributed by atoms with Gasteiger partial charge in [-0.15, -0.1) is 0 Å². The number of nitro groups is 1. The number of ether oxygens (including phenoxy) is 1. The van der Waals surface area contributed by atoms with Gasteiger partial charge >= 0.3 is 0 Å². The van der Waals surface area contributed by atoms with Crippen molar-refractivity contribution >= 4 is 38.7 Å². The van der Waals surface area contributed by atoms with Crippen LogP contribution < -0.4 is 4.90 Å². The third-order valence-electron chi connectivity index (χ3n) is 4.37. The second kappa shape index (κ2) is 13.0. The molecule has 29 heavy (non-hydrogen) atoms. The first-order valence-electron chi connectivity index (χ1n) is 9.79. The van der Waals surface area contributed by atoms with Gasteiger partial charge in [0, 0.05) is 42.8 Å². The smallest absolute Gasteiger partial charge is 0.269 e. The van der Waals surface area contributed by atoms with E-state index in [0.717, 1.165) is 42.8 Å². The van der Waals surface area contributed by atoms with E-state index in [1.165, 1.54) is 25.0 Å². The van der Waals surface area contributed by atoms with E-state index in [9.17, 15) is 10.1 Å². The van der Waals surface area contributed by atoms with Crippen molar-refractivity contribution in [1.29, 1.82) is 0 Å². The van der Waals surface area contributed by atoms with E-state index in [1.807, 2.05) is 24.3 Å². The van der Waals surface area contributed by atoms with Crippen LogP contribution in [0, 0.1) is 10.1 Å². The van der Waals surface area contributed by atoms with Crippen molar-refractivity contribution in [1.82, 2.24) is 0 Å². The molecule has 0 spiro atoms. The molecule has 0 bridgehead atoms. The Kier molecular flexibility index (Phi) is 10.3. The van der Waals surface area contributed by atoms with E-state index >= 15 is 0 Å². The maximum atomic E-state index is 10.7. The molecule has 0 fully saturated rings. The maximum Gasteiger partial charge on any atom is 0.269 e. The Hall–Kier alpha value is -2.32. The number of unbranched alkanes of at least 4 members (excludes halogenated alkanes) is 2. The SMILES string of the molecule is CCN(CCOCCCCCBr)c1ccc(N=Nc2ccc([N+](=O)[O-])cc2)cc1. The molecule has 0 saturated heterocycles. The van der Waals surface area contributed by atoms with Gasteiger partial charge in [0.15, 0.2) is 0 Å². The molecule has 0 heterocycles. The van der Waals surface area contributed by atoms with Crippen molar-refractivity contribution in [3.05, 3.63) is 58.6 Å². The van der Waals surface area contributed by atoms with E-state index in [-0.39, 0.29) is 5.69 Å². The average molecular weight is 463 g/mol. The number of benzene rings is 2. The van der Waals surface area contributed by atoms with Crippen LogP contribution >= 0.6 is 15.9 Å². The highest BCUT2D eigenvalue weighted by Gasteiger charge is 2.05. The van der Waals surface area contributed by atoms with Gasteiger partial charge in [-0.05, 0) is 56.2 Å². The Bertz CT molecular complexity index is 767. The topological polar surface area (TPSA) is 80.3 Å². The van der Waals surface area contributed by atoms with Gasteiger partial charge in [-0.1, -0.05) is 22.4 Å². The summed E-state index contributed by atoms with van der Waals surface area (Å²) in [7, 11) is 0. The lowest BCUT2D eigenvalue weighted by Crippen LogP contribution is -2.27. The van der Waals surface area contributed by atoms with Gasteiger partial charge in [-0.3, -0.25) is 10.1 Å². The van der Waals surface area contributed by atoms with Crippen LogP contribution in [0.15, 0.2) is 58.8 Å². The second-order valence-electron chi connectivity index (χ2n) is 6.43. The standard InChI is InChI=1S/C21H27BrN4O3/c1-2-25(15-17-29-16-5-3-4-14-22)20-10-6-18(7-11-20)23-24-19-8-12-21(13-9-19)26(27)28/h6-13H,2-5,14-17H2,1H3. The fourth-order valence-corrected chi connectivity index (χ4v) is 3.11. The molecule has 0 N–H and O–H groups in total. The van der Waals surface area contributed by atoms with Gasteiger partial charge < -0.3 is 9.64 Å². The predicted octanol–water partition coefficient (Wildman–Crippen LogP) is 6.42.